The van der Waals surface area contributed by atoms with Crippen molar-refractivity contribution in [3.05, 3.63) is 63.7 Å². The second-order valence-corrected chi connectivity index (χ2v) is 6.12. The number of nitrogens with one attached hydrogen (secondary N) is 2. The highest BCUT2D eigenvalue weighted by molar-refractivity contribution is 6.39. The summed E-state index contributed by atoms with van der Waals surface area (Å²) in [6.07, 6.45) is 1.19. The van der Waals surface area contributed by atoms with Crippen molar-refractivity contribution in [2.45, 2.75) is 19.8 Å². The Bertz CT molecular complexity index is 907. The van der Waals surface area contributed by atoms with Gasteiger partial charge in [0.05, 0.1) is 18.2 Å². The molecule has 0 aliphatic carbocycles. The van der Waals surface area contributed by atoms with Crippen molar-refractivity contribution in [2.75, 3.05) is 12.4 Å². The molecule has 9 nitrogen and oxygen atoms in total. The van der Waals surface area contributed by atoms with Crippen LogP contribution < -0.4 is 15.5 Å². The molecule has 0 aliphatic heterocycles. The lowest BCUT2D eigenvalue weighted by Gasteiger charge is -2.07. The van der Waals surface area contributed by atoms with Crippen molar-refractivity contribution < 1.29 is 19.2 Å². The van der Waals surface area contributed by atoms with E-state index in [1.807, 2.05) is 12.1 Å². The van der Waals surface area contributed by atoms with Crippen LogP contribution in [0.2, 0.25) is 0 Å². The molecule has 2 aromatic carbocycles. The quantitative estimate of drug-likeness (QED) is 0.343. The van der Waals surface area contributed by atoms with Crippen LogP contribution >= 0.6 is 0 Å². The van der Waals surface area contributed by atoms with E-state index >= 15 is 0 Å². The van der Waals surface area contributed by atoms with Crippen molar-refractivity contribution in [2.24, 2.45) is 5.10 Å². The molecule has 0 bridgehead atoms. The summed E-state index contributed by atoms with van der Waals surface area (Å²) in [6, 6.07) is 11.3. The topological polar surface area (TPSA) is 123 Å². The van der Waals surface area contributed by atoms with E-state index in [4.69, 9.17) is 4.74 Å². The maximum Gasteiger partial charge on any atom is 0.329 e. The molecule has 0 aromatic heterocycles. The first-order valence-corrected chi connectivity index (χ1v) is 8.38. The lowest BCUT2D eigenvalue weighted by molar-refractivity contribution is -0.385. The van der Waals surface area contributed by atoms with Crippen LogP contribution in [0.4, 0.5) is 11.4 Å². The van der Waals surface area contributed by atoms with Gasteiger partial charge in [0.2, 0.25) is 0 Å². The highest BCUT2D eigenvalue weighted by Crippen LogP contribution is 2.26. The zero-order chi connectivity index (χ0) is 20.7. The summed E-state index contributed by atoms with van der Waals surface area (Å²) in [5.74, 6) is -1.38. The minimum Gasteiger partial charge on any atom is -0.490 e. The maximum absolute atomic E-state index is 11.9. The molecule has 0 saturated heterocycles. The Labute approximate surface area is 161 Å². The largest absolute Gasteiger partial charge is 0.490 e. The molecule has 2 amide bonds. The molecular formula is C19H20N4O5. The van der Waals surface area contributed by atoms with Crippen molar-refractivity contribution in [3.63, 3.8) is 0 Å². The number of hydrogen-bond donors (Lipinski definition) is 2. The first-order valence-electron chi connectivity index (χ1n) is 8.38. The fraction of sp³-hybridized carbons (Fsp3) is 0.211. The number of rotatable bonds is 6. The van der Waals surface area contributed by atoms with E-state index in [0.717, 1.165) is 5.56 Å². The molecule has 0 spiro atoms. The van der Waals surface area contributed by atoms with Crippen LogP contribution in [0.5, 0.6) is 5.75 Å². The van der Waals surface area contributed by atoms with Gasteiger partial charge in [0, 0.05) is 17.3 Å². The van der Waals surface area contributed by atoms with Gasteiger partial charge in [-0.05, 0) is 35.7 Å². The molecule has 28 heavy (non-hydrogen) atoms. The number of nitrogens with zero attached hydrogens (tertiary/aromatic N) is 2. The van der Waals surface area contributed by atoms with Gasteiger partial charge in [0.15, 0.2) is 5.75 Å². The third-order valence-corrected chi connectivity index (χ3v) is 3.82. The van der Waals surface area contributed by atoms with E-state index in [2.05, 4.69) is 29.7 Å². The number of amides is 2. The lowest BCUT2D eigenvalue weighted by Crippen LogP contribution is -2.32. The monoisotopic (exact) mass is 384 g/mol. The lowest BCUT2D eigenvalue weighted by atomic mass is 10.0. The van der Waals surface area contributed by atoms with Gasteiger partial charge in [-0.3, -0.25) is 19.7 Å². The number of methoxy groups -OCH3 is 1. The van der Waals surface area contributed by atoms with Gasteiger partial charge in [0.25, 0.3) is 0 Å². The van der Waals surface area contributed by atoms with Crippen LogP contribution in [0, 0.1) is 10.1 Å². The van der Waals surface area contributed by atoms with Gasteiger partial charge in [0.1, 0.15) is 0 Å². The molecule has 0 aliphatic rings. The SMILES string of the molecule is COc1ccc(/C=N\NC(=O)C(=O)Nc2ccc(C(C)C)cc2)cc1[N+](=O)[O-]. The maximum atomic E-state index is 11.9. The van der Waals surface area contributed by atoms with Gasteiger partial charge in [-0.2, -0.15) is 5.10 Å². The first-order chi connectivity index (χ1) is 13.3. The van der Waals surface area contributed by atoms with Gasteiger partial charge in [-0.1, -0.05) is 26.0 Å². The third kappa shape index (κ3) is 5.37. The van der Waals surface area contributed by atoms with Crippen LogP contribution in [-0.2, 0) is 9.59 Å². The molecule has 0 atom stereocenters. The Morgan fingerprint density at radius 3 is 2.39 bits per heavy atom. The Balaban J connectivity index is 1.96. The molecule has 0 saturated carbocycles. The number of hydrogen-bond acceptors (Lipinski definition) is 6. The summed E-state index contributed by atoms with van der Waals surface area (Å²) in [5.41, 5.74) is 3.80. The summed E-state index contributed by atoms with van der Waals surface area (Å²) >= 11 is 0. The number of hydrazone groups is 1. The van der Waals surface area contributed by atoms with Crippen LogP contribution in [-0.4, -0.2) is 30.1 Å². The number of nitro groups is 1. The molecule has 0 heterocycles. The average molecular weight is 384 g/mol. The number of ether oxygens (including phenoxy) is 1. The molecule has 0 unspecified atom stereocenters. The number of anilines is 1. The Hall–Kier alpha value is -3.75. The number of carbonyl (C=O) groups is 2. The molecule has 9 heteroatoms. The summed E-state index contributed by atoms with van der Waals surface area (Å²) in [4.78, 5) is 34.1. The normalized spacial score (nSPS) is 10.7. The predicted molar refractivity (Wildman–Crippen MR) is 105 cm³/mol. The fourth-order valence-electron chi connectivity index (χ4n) is 2.29. The smallest absolute Gasteiger partial charge is 0.329 e. The van der Waals surface area contributed by atoms with E-state index in [1.54, 1.807) is 12.1 Å². The highest BCUT2D eigenvalue weighted by atomic mass is 16.6. The predicted octanol–water partition coefficient (Wildman–Crippen LogP) is 2.82. The van der Waals surface area contributed by atoms with E-state index in [9.17, 15) is 19.7 Å². The van der Waals surface area contributed by atoms with Crippen molar-refractivity contribution >= 4 is 29.4 Å². The summed E-state index contributed by atoms with van der Waals surface area (Å²) in [6.45, 7) is 4.10. The van der Waals surface area contributed by atoms with Crippen LogP contribution in [0.25, 0.3) is 0 Å². The minimum atomic E-state index is -0.966. The number of carbonyl (C=O) groups excluding carboxylic acids is 2. The van der Waals surface area contributed by atoms with Gasteiger partial charge < -0.3 is 10.1 Å². The molecule has 146 valence electrons. The van der Waals surface area contributed by atoms with Crippen molar-refractivity contribution in [1.82, 2.24) is 5.43 Å². The zero-order valence-electron chi connectivity index (χ0n) is 15.6. The van der Waals surface area contributed by atoms with Gasteiger partial charge >= 0.3 is 17.5 Å². The highest BCUT2D eigenvalue weighted by Gasteiger charge is 2.15. The molecular weight excluding hydrogens is 364 g/mol. The second kappa shape index (κ2) is 9.26. The standard InChI is InChI=1S/C19H20N4O5/c1-12(2)14-5-7-15(8-6-14)21-18(24)19(25)22-20-11-13-4-9-17(28-3)16(10-13)23(26)27/h4-12H,1-3H3,(H,21,24)(H,22,25)/b20-11-. The molecule has 2 aromatic rings. The summed E-state index contributed by atoms with van der Waals surface area (Å²) in [5, 5.41) is 17.1. The molecule has 2 rings (SSSR count). The van der Waals surface area contributed by atoms with Crippen LogP contribution in [0.15, 0.2) is 47.6 Å². The minimum absolute atomic E-state index is 0.106. The number of benzene rings is 2. The third-order valence-electron chi connectivity index (χ3n) is 3.82. The van der Waals surface area contributed by atoms with E-state index < -0.39 is 16.7 Å². The Morgan fingerprint density at radius 1 is 1.14 bits per heavy atom. The zero-order valence-corrected chi connectivity index (χ0v) is 15.6. The van der Waals surface area contributed by atoms with Gasteiger partial charge in [-0.25, -0.2) is 5.43 Å². The Kier molecular flexibility index (Phi) is 6.80. The fourth-order valence-corrected chi connectivity index (χ4v) is 2.29. The number of nitro benzene ring substituents is 1. The van der Waals surface area contributed by atoms with E-state index in [1.165, 1.54) is 31.5 Å². The Morgan fingerprint density at radius 2 is 1.82 bits per heavy atom. The first kappa shape index (κ1) is 20.6. The van der Waals surface area contributed by atoms with E-state index in [-0.39, 0.29) is 11.4 Å². The molecule has 0 fully saturated rings. The van der Waals surface area contributed by atoms with Crippen LogP contribution in [0.3, 0.4) is 0 Å². The average Bonchev–Trinajstić information content (AvgIpc) is 2.68. The van der Waals surface area contributed by atoms with E-state index in [0.29, 0.717) is 17.2 Å². The van der Waals surface area contributed by atoms with Crippen molar-refractivity contribution in [3.8, 4) is 5.75 Å². The summed E-state index contributed by atoms with van der Waals surface area (Å²) < 4.78 is 4.90. The van der Waals surface area contributed by atoms with Crippen LogP contribution in [0.1, 0.15) is 30.9 Å². The molecule has 2 N–H and O–H groups in total. The summed E-state index contributed by atoms with van der Waals surface area (Å²) in [7, 11) is 1.32. The second-order valence-electron chi connectivity index (χ2n) is 6.12. The van der Waals surface area contributed by atoms with Gasteiger partial charge in [-0.15, -0.1) is 0 Å². The van der Waals surface area contributed by atoms with Crippen molar-refractivity contribution in [1.29, 1.82) is 0 Å². The molecule has 0 radical (unpaired) electrons.